The molecule has 3 nitrogen and oxygen atoms in total. The van der Waals surface area contributed by atoms with Crippen LogP contribution in [-0.2, 0) is 10.8 Å². The Hall–Kier alpha value is -7.62. The van der Waals surface area contributed by atoms with Gasteiger partial charge in [-0.15, -0.1) is 0 Å². The van der Waals surface area contributed by atoms with Gasteiger partial charge in [0.15, 0.2) is 0 Å². The van der Waals surface area contributed by atoms with Gasteiger partial charge in [-0.05, 0) is 87.3 Å². The summed E-state index contributed by atoms with van der Waals surface area (Å²) in [7, 11) is 0. The number of hydrogen-bond donors (Lipinski definition) is 0. The fourth-order valence-electron chi connectivity index (χ4n) is 10.5. The van der Waals surface area contributed by atoms with E-state index in [4.69, 9.17) is 4.42 Å². The highest BCUT2D eigenvalue weighted by Crippen LogP contribution is 2.61. The van der Waals surface area contributed by atoms with Crippen molar-refractivity contribution in [2.75, 3.05) is 4.90 Å². The molecule has 0 aliphatic heterocycles. The predicted octanol–water partition coefficient (Wildman–Crippen LogP) is 15.8. The van der Waals surface area contributed by atoms with Crippen molar-refractivity contribution in [2.45, 2.75) is 31.6 Å². The van der Waals surface area contributed by atoms with E-state index in [0.29, 0.717) is 0 Å². The van der Waals surface area contributed by atoms with Gasteiger partial charge in [-0.1, -0.05) is 185 Å². The van der Waals surface area contributed by atoms with Gasteiger partial charge < -0.3 is 13.9 Å². The summed E-state index contributed by atoms with van der Waals surface area (Å²) in [6, 6.07) is 77.8. The second-order valence-corrected chi connectivity index (χ2v) is 17.6. The number of benzene rings is 9. The third-order valence-corrected chi connectivity index (χ3v) is 13.2. The smallest absolute Gasteiger partial charge is 0.145 e. The highest BCUT2D eigenvalue weighted by atomic mass is 16.3. The van der Waals surface area contributed by atoms with E-state index < -0.39 is 5.41 Å². The van der Waals surface area contributed by atoms with Gasteiger partial charge in [-0.2, -0.15) is 0 Å². The van der Waals surface area contributed by atoms with Crippen molar-refractivity contribution in [3.8, 4) is 16.8 Å². The molecule has 0 fully saturated rings. The van der Waals surface area contributed by atoms with Crippen LogP contribution in [0.25, 0.3) is 60.6 Å². The Labute approximate surface area is 361 Å². The molecule has 0 saturated carbocycles. The molecular formula is C59H44N2O. The number of rotatable bonds is 6. The molecule has 3 heteroatoms. The molecule has 12 rings (SSSR count). The first kappa shape index (κ1) is 36.2. The molecule has 0 bridgehead atoms. The van der Waals surface area contributed by atoms with Crippen molar-refractivity contribution in [2.24, 2.45) is 0 Å². The third kappa shape index (κ3) is 5.18. The van der Waals surface area contributed by atoms with E-state index in [-0.39, 0.29) is 5.41 Å². The largest absolute Gasteiger partial charge is 0.455 e. The molecule has 0 saturated heterocycles. The zero-order valence-corrected chi connectivity index (χ0v) is 35.0. The van der Waals surface area contributed by atoms with Gasteiger partial charge in [0.1, 0.15) is 11.2 Å². The number of hydrogen-bond acceptors (Lipinski definition) is 2. The Morgan fingerprint density at radius 3 is 1.81 bits per heavy atom. The van der Waals surface area contributed by atoms with E-state index in [2.05, 4.69) is 243 Å². The van der Waals surface area contributed by atoms with Crippen LogP contribution in [-0.4, -0.2) is 4.57 Å². The summed E-state index contributed by atoms with van der Waals surface area (Å²) in [5.41, 5.74) is 16.2. The third-order valence-electron chi connectivity index (χ3n) is 13.2. The molecular weight excluding hydrogens is 753 g/mol. The highest BCUT2D eigenvalue weighted by Gasteiger charge is 2.48. The summed E-state index contributed by atoms with van der Waals surface area (Å²) in [4.78, 5) is 2.52. The van der Waals surface area contributed by atoms with Crippen LogP contribution in [0.3, 0.4) is 0 Å². The normalized spacial score (nSPS) is 13.2. The Kier molecular flexibility index (Phi) is 8.01. The summed E-state index contributed by atoms with van der Waals surface area (Å²) in [5.74, 6) is 0. The summed E-state index contributed by atoms with van der Waals surface area (Å²) in [6.07, 6.45) is 0. The van der Waals surface area contributed by atoms with Gasteiger partial charge in [0.2, 0.25) is 0 Å². The van der Waals surface area contributed by atoms with Crippen LogP contribution in [0.5, 0.6) is 0 Å². The summed E-state index contributed by atoms with van der Waals surface area (Å²) >= 11 is 0. The standard InChI is InChI=1S/C59H44N2O/c1-58(2,3)39-34-36-43(37-35-39)60(51-32-19-29-45-44-26-14-17-31-50(44)61(56(45)51)42-24-11-6-12-25-42)52-38-49-54(57-55(52)47-28-15-18-33-53(47)62-57)46-27-13-16-30-48(46)59(49,40-20-7-4-8-21-40)41-22-9-5-10-23-41/h4-38H,1-3H3. The molecule has 2 aromatic heterocycles. The summed E-state index contributed by atoms with van der Waals surface area (Å²) in [6.45, 7) is 6.85. The quantitative estimate of drug-likeness (QED) is 0.167. The van der Waals surface area contributed by atoms with E-state index in [9.17, 15) is 0 Å². The van der Waals surface area contributed by atoms with Gasteiger partial charge in [0.05, 0.1) is 33.2 Å². The first-order chi connectivity index (χ1) is 30.4. The molecule has 0 spiro atoms. The molecule has 0 N–H and O–H groups in total. The van der Waals surface area contributed by atoms with E-state index in [1.54, 1.807) is 0 Å². The lowest BCUT2D eigenvalue weighted by molar-refractivity contribution is 0.590. The van der Waals surface area contributed by atoms with Gasteiger partial charge in [-0.3, -0.25) is 0 Å². The lowest BCUT2D eigenvalue weighted by Gasteiger charge is -2.35. The lowest BCUT2D eigenvalue weighted by Crippen LogP contribution is -2.28. The topological polar surface area (TPSA) is 21.3 Å². The van der Waals surface area contributed by atoms with Gasteiger partial charge in [-0.25, -0.2) is 0 Å². The fourth-order valence-corrected chi connectivity index (χ4v) is 10.5. The van der Waals surface area contributed by atoms with Crippen molar-refractivity contribution in [3.63, 3.8) is 0 Å². The average molecular weight is 797 g/mol. The number of furan rings is 1. The molecule has 296 valence electrons. The van der Waals surface area contributed by atoms with Crippen molar-refractivity contribution < 1.29 is 4.42 Å². The minimum atomic E-state index is -0.636. The lowest BCUT2D eigenvalue weighted by atomic mass is 9.67. The predicted molar refractivity (Wildman–Crippen MR) is 259 cm³/mol. The maximum atomic E-state index is 7.24. The average Bonchev–Trinajstić information content (AvgIpc) is 3.97. The van der Waals surface area contributed by atoms with Gasteiger partial charge in [0.25, 0.3) is 0 Å². The highest BCUT2D eigenvalue weighted by molar-refractivity contribution is 6.21. The molecule has 1 aliphatic carbocycles. The zero-order chi connectivity index (χ0) is 41.6. The van der Waals surface area contributed by atoms with Crippen LogP contribution in [0.2, 0.25) is 0 Å². The number of para-hydroxylation sites is 4. The first-order valence-corrected chi connectivity index (χ1v) is 21.6. The van der Waals surface area contributed by atoms with Crippen LogP contribution >= 0.6 is 0 Å². The van der Waals surface area contributed by atoms with E-state index in [0.717, 1.165) is 55.8 Å². The Balaban J connectivity index is 1.28. The SMILES string of the molecule is CC(C)(C)c1ccc(N(c2cc3c(c4oc5ccccc5c24)-c2ccccc2C3(c2ccccc2)c2ccccc2)c2cccc3c4ccccc4n(-c4ccccc4)c23)cc1. The molecule has 0 unspecified atom stereocenters. The molecule has 1 aliphatic rings. The Morgan fingerprint density at radius 1 is 0.500 bits per heavy atom. The second kappa shape index (κ2) is 13.7. The van der Waals surface area contributed by atoms with E-state index in [1.807, 2.05) is 0 Å². The molecule has 2 heterocycles. The molecule has 11 aromatic rings. The molecule has 62 heavy (non-hydrogen) atoms. The van der Waals surface area contributed by atoms with E-state index >= 15 is 0 Å². The maximum Gasteiger partial charge on any atom is 0.145 e. The first-order valence-electron chi connectivity index (χ1n) is 21.6. The number of fused-ring (bicyclic) bond motifs is 10. The zero-order valence-electron chi connectivity index (χ0n) is 35.0. The molecule has 0 atom stereocenters. The minimum Gasteiger partial charge on any atom is -0.455 e. The minimum absolute atomic E-state index is 0.0125. The van der Waals surface area contributed by atoms with Crippen LogP contribution < -0.4 is 4.90 Å². The molecule has 9 aromatic carbocycles. The monoisotopic (exact) mass is 796 g/mol. The van der Waals surface area contributed by atoms with Crippen molar-refractivity contribution >= 4 is 60.8 Å². The number of anilines is 3. The van der Waals surface area contributed by atoms with Crippen LogP contribution in [0.1, 0.15) is 48.6 Å². The maximum absolute atomic E-state index is 7.24. The van der Waals surface area contributed by atoms with Crippen molar-refractivity contribution in [1.29, 1.82) is 0 Å². The molecule has 0 amide bonds. The van der Waals surface area contributed by atoms with Crippen LogP contribution in [0.15, 0.2) is 217 Å². The van der Waals surface area contributed by atoms with Gasteiger partial charge in [0, 0.05) is 33.1 Å². The number of nitrogens with zero attached hydrogens (tertiary/aromatic N) is 2. The Bertz CT molecular complexity index is 3440. The van der Waals surface area contributed by atoms with E-state index in [1.165, 1.54) is 49.7 Å². The van der Waals surface area contributed by atoms with Crippen molar-refractivity contribution in [1.82, 2.24) is 4.57 Å². The fraction of sp³-hybridized carbons (Fsp3) is 0.0847. The summed E-state index contributed by atoms with van der Waals surface area (Å²) < 4.78 is 9.69. The van der Waals surface area contributed by atoms with Crippen molar-refractivity contribution in [3.05, 3.63) is 240 Å². The Morgan fingerprint density at radius 2 is 1.10 bits per heavy atom. The van der Waals surface area contributed by atoms with Crippen LogP contribution in [0.4, 0.5) is 17.1 Å². The second-order valence-electron chi connectivity index (χ2n) is 17.6. The van der Waals surface area contributed by atoms with Crippen LogP contribution in [0, 0.1) is 0 Å². The molecule has 0 radical (unpaired) electrons. The number of aromatic nitrogens is 1. The summed E-state index contributed by atoms with van der Waals surface area (Å²) in [5, 5.41) is 4.59. The van der Waals surface area contributed by atoms with Gasteiger partial charge >= 0.3 is 0 Å².